The summed E-state index contributed by atoms with van der Waals surface area (Å²) >= 11 is 0. The zero-order valence-corrected chi connectivity index (χ0v) is 5.73. The van der Waals surface area contributed by atoms with Crippen LogP contribution in [-0.2, 0) is 9.53 Å². The number of rotatable bonds is 3. The van der Waals surface area contributed by atoms with Crippen LogP contribution in [0.1, 0.15) is 30.2 Å². The summed E-state index contributed by atoms with van der Waals surface area (Å²) in [6.07, 6.45) is 0. The van der Waals surface area contributed by atoms with Gasteiger partial charge in [0.2, 0.25) is 0 Å². The topological polar surface area (TPSA) is 26.3 Å². The van der Waals surface area contributed by atoms with Crippen molar-refractivity contribution in [3.8, 4) is 0 Å². The lowest BCUT2D eigenvalue weighted by Crippen LogP contribution is -2.10. The molecule has 10 heavy (non-hydrogen) atoms. The standard InChI is InChI=1S/C8H14O2/c1-5-10-8(9)7(4)6(2)3/h6H,4-5H2,1-3H3/i2D3,3D3,6D. The Labute approximate surface area is 71.7 Å². The Hall–Kier alpha value is -0.790. The van der Waals surface area contributed by atoms with Gasteiger partial charge in [-0.1, -0.05) is 20.3 Å². The Bertz CT molecular complexity index is 301. The summed E-state index contributed by atoms with van der Waals surface area (Å²) in [5, 5.41) is 0. The molecular formula is C8H14O2. The van der Waals surface area contributed by atoms with Crippen molar-refractivity contribution in [1.29, 1.82) is 0 Å². The molecule has 0 atom stereocenters. The normalized spacial score (nSPS) is 23.5. The monoisotopic (exact) mass is 149 g/mol. The average Bonchev–Trinajstić information content (AvgIpc) is 2.12. The zero-order chi connectivity index (χ0) is 14.1. The first-order valence-electron chi connectivity index (χ1n) is 6.26. The smallest absolute Gasteiger partial charge is 0.333 e. The summed E-state index contributed by atoms with van der Waals surface area (Å²) in [6.45, 7) is -1.90. The van der Waals surface area contributed by atoms with Gasteiger partial charge in [-0.2, -0.15) is 0 Å². The van der Waals surface area contributed by atoms with E-state index in [-0.39, 0.29) is 6.61 Å². The summed E-state index contributed by atoms with van der Waals surface area (Å²) in [5.74, 6) is -4.25. The molecule has 58 valence electrons. The van der Waals surface area contributed by atoms with Crippen molar-refractivity contribution in [2.75, 3.05) is 6.61 Å². The van der Waals surface area contributed by atoms with Crippen LogP contribution in [0.4, 0.5) is 0 Å². The Morgan fingerprint density at radius 3 is 2.90 bits per heavy atom. The van der Waals surface area contributed by atoms with Gasteiger partial charge in [0, 0.05) is 15.2 Å². The maximum Gasteiger partial charge on any atom is 0.333 e. The third kappa shape index (κ3) is 2.67. The summed E-state index contributed by atoms with van der Waals surface area (Å²) in [4.78, 5) is 11.3. The zero-order valence-electron chi connectivity index (χ0n) is 12.7. The molecule has 0 N–H and O–H groups in total. The van der Waals surface area contributed by atoms with Crippen LogP contribution >= 0.6 is 0 Å². The van der Waals surface area contributed by atoms with Gasteiger partial charge in [-0.3, -0.25) is 0 Å². The molecule has 2 heteroatoms. The van der Waals surface area contributed by atoms with Gasteiger partial charge in [0.05, 0.1) is 6.61 Å². The van der Waals surface area contributed by atoms with Crippen LogP contribution < -0.4 is 0 Å². The number of carbonyl (C=O) groups is 1. The van der Waals surface area contributed by atoms with E-state index in [1.807, 2.05) is 0 Å². The Morgan fingerprint density at radius 1 is 1.90 bits per heavy atom. The molecule has 0 aliphatic rings. The summed E-state index contributed by atoms with van der Waals surface area (Å²) in [5.41, 5.74) is -0.889. The highest BCUT2D eigenvalue weighted by molar-refractivity contribution is 5.88. The Kier molecular flexibility index (Phi) is 1.10. The van der Waals surface area contributed by atoms with Gasteiger partial charge < -0.3 is 4.74 Å². The molecule has 0 aliphatic heterocycles. The predicted molar refractivity (Wildman–Crippen MR) is 40.6 cm³/mol. The average molecular weight is 149 g/mol. The van der Waals surface area contributed by atoms with E-state index >= 15 is 0 Å². The SMILES string of the molecule is [2H]C([2H])([2H])C([2H])(C(=C)C(=O)OCC)C([2H])([2H])[2H]. The number of carbonyl (C=O) groups excluding carboxylic acids is 1. The van der Waals surface area contributed by atoms with Crippen molar-refractivity contribution in [3.63, 3.8) is 0 Å². The number of ether oxygens (including phenoxy) is 1. The van der Waals surface area contributed by atoms with E-state index in [1.54, 1.807) is 0 Å². The Balaban J connectivity index is 5.53. The van der Waals surface area contributed by atoms with Crippen LogP contribution in [0.5, 0.6) is 0 Å². The van der Waals surface area contributed by atoms with E-state index < -0.39 is 31.1 Å². The summed E-state index contributed by atoms with van der Waals surface area (Å²) in [7, 11) is 0. The predicted octanol–water partition coefficient (Wildman–Crippen LogP) is 1.76. The fourth-order valence-electron chi connectivity index (χ4n) is 0.320. The van der Waals surface area contributed by atoms with E-state index in [0.717, 1.165) is 0 Å². The van der Waals surface area contributed by atoms with Crippen molar-refractivity contribution in [1.82, 2.24) is 0 Å². The number of hydrogen-bond donors (Lipinski definition) is 0. The molecule has 0 unspecified atom stereocenters. The van der Waals surface area contributed by atoms with Crippen LogP contribution in [0.15, 0.2) is 12.2 Å². The molecule has 0 aromatic rings. The lowest BCUT2D eigenvalue weighted by atomic mass is 10.1. The molecular weight excluding hydrogens is 128 g/mol. The second-order valence-electron chi connectivity index (χ2n) is 1.57. The molecule has 0 spiro atoms. The van der Waals surface area contributed by atoms with E-state index in [0.29, 0.717) is 0 Å². The van der Waals surface area contributed by atoms with Crippen LogP contribution in [0.3, 0.4) is 0 Å². The lowest BCUT2D eigenvalue weighted by Gasteiger charge is -2.06. The fraction of sp³-hybridized carbons (Fsp3) is 0.625. The van der Waals surface area contributed by atoms with E-state index in [2.05, 4.69) is 11.3 Å². The molecule has 0 aromatic heterocycles. The molecule has 0 saturated carbocycles. The van der Waals surface area contributed by atoms with Gasteiger partial charge in [0.25, 0.3) is 0 Å². The van der Waals surface area contributed by atoms with Gasteiger partial charge in [-0.05, 0) is 12.8 Å². The largest absolute Gasteiger partial charge is 0.463 e. The molecule has 0 bridgehead atoms. The first-order chi connectivity index (χ1) is 7.39. The minimum atomic E-state index is -3.21. The molecule has 0 radical (unpaired) electrons. The maximum atomic E-state index is 11.3. The highest BCUT2D eigenvalue weighted by Gasteiger charge is 2.10. The van der Waals surface area contributed by atoms with Gasteiger partial charge >= 0.3 is 5.97 Å². The van der Waals surface area contributed by atoms with Crippen LogP contribution in [0.25, 0.3) is 0 Å². The first-order valence-corrected chi connectivity index (χ1v) is 2.76. The molecule has 0 amide bonds. The Morgan fingerprint density at radius 2 is 2.50 bits per heavy atom. The molecule has 2 nitrogen and oxygen atoms in total. The van der Waals surface area contributed by atoms with E-state index in [4.69, 9.17) is 9.60 Å². The van der Waals surface area contributed by atoms with Gasteiger partial charge in [0.1, 0.15) is 0 Å². The van der Waals surface area contributed by atoms with Gasteiger partial charge in [0.15, 0.2) is 0 Å². The second-order valence-corrected chi connectivity index (χ2v) is 1.57. The maximum absolute atomic E-state index is 11.3. The molecule has 0 aliphatic carbocycles. The highest BCUT2D eigenvalue weighted by Crippen LogP contribution is 2.07. The quantitative estimate of drug-likeness (QED) is 0.451. The van der Waals surface area contributed by atoms with Crippen molar-refractivity contribution < 1.29 is 19.1 Å². The molecule has 0 fully saturated rings. The number of hydrogen-bond acceptors (Lipinski definition) is 2. The third-order valence-electron chi connectivity index (χ3n) is 0.824. The lowest BCUT2D eigenvalue weighted by molar-refractivity contribution is -0.139. The summed E-state index contributed by atoms with van der Waals surface area (Å²) < 4.78 is 54.8. The minimum Gasteiger partial charge on any atom is -0.463 e. The fourth-order valence-corrected chi connectivity index (χ4v) is 0.320. The molecule has 0 aromatic carbocycles. The first kappa shape index (κ1) is 2.68. The third-order valence-corrected chi connectivity index (χ3v) is 0.824. The second kappa shape index (κ2) is 4.09. The van der Waals surface area contributed by atoms with Crippen molar-refractivity contribution >= 4 is 5.97 Å². The molecule has 0 saturated heterocycles. The van der Waals surface area contributed by atoms with Crippen LogP contribution in [0.2, 0.25) is 0 Å². The van der Waals surface area contributed by atoms with E-state index in [1.165, 1.54) is 6.92 Å². The van der Waals surface area contributed by atoms with Crippen molar-refractivity contribution in [2.45, 2.75) is 20.6 Å². The highest BCUT2D eigenvalue weighted by atomic mass is 16.5. The molecule has 0 rings (SSSR count). The van der Waals surface area contributed by atoms with Crippen molar-refractivity contribution in [2.24, 2.45) is 5.89 Å². The van der Waals surface area contributed by atoms with Crippen molar-refractivity contribution in [3.05, 3.63) is 12.2 Å². The van der Waals surface area contributed by atoms with Crippen LogP contribution in [0, 0.1) is 5.89 Å². The number of esters is 1. The van der Waals surface area contributed by atoms with E-state index in [9.17, 15) is 4.79 Å². The van der Waals surface area contributed by atoms with Gasteiger partial charge in [-0.25, -0.2) is 4.79 Å². The molecule has 0 heterocycles. The summed E-state index contributed by atoms with van der Waals surface area (Å²) in [6, 6.07) is 0. The minimum absolute atomic E-state index is 0.0596. The van der Waals surface area contributed by atoms with Crippen LogP contribution in [-0.4, -0.2) is 12.6 Å². The van der Waals surface area contributed by atoms with Gasteiger partial charge in [-0.15, -0.1) is 0 Å².